The van der Waals surface area contributed by atoms with Gasteiger partial charge in [0.25, 0.3) is 0 Å². The van der Waals surface area contributed by atoms with Crippen LogP contribution in [0.1, 0.15) is 12.6 Å². The first-order chi connectivity index (χ1) is 6.31. The van der Waals surface area contributed by atoms with Gasteiger partial charge in [-0.1, -0.05) is 11.2 Å². The molecule has 66 valence electrons. The van der Waals surface area contributed by atoms with Crippen molar-refractivity contribution in [2.24, 2.45) is 5.16 Å². The van der Waals surface area contributed by atoms with Gasteiger partial charge >= 0.3 is 0 Å². The SMILES string of the molecule is C/C(=N\O)c1cn2ccccc2n1. The number of rotatable bonds is 1. The lowest BCUT2D eigenvalue weighted by Crippen LogP contribution is -1.93. The first kappa shape index (κ1) is 7.79. The summed E-state index contributed by atoms with van der Waals surface area (Å²) < 4.78 is 1.88. The second kappa shape index (κ2) is 2.90. The molecule has 0 spiro atoms. The fourth-order valence-electron chi connectivity index (χ4n) is 1.16. The highest BCUT2D eigenvalue weighted by Crippen LogP contribution is 2.04. The van der Waals surface area contributed by atoms with E-state index in [2.05, 4.69) is 10.1 Å². The Morgan fingerprint density at radius 3 is 3.08 bits per heavy atom. The standard InChI is InChI=1S/C9H9N3O/c1-7(11-13)8-6-12-5-3-2-4-9(12)10-8/h2-6,13H,1H3/b11-7+. The first-order valence-corrected chi connectivity index (χ1v) is 3.94. The van der Waals surface area contributed by atoms with E-state index in [9.17, 15) is 0 Å². The highest BCUT2D eigenvalue weighted by Gasteiger charge is 2.03. The quantitative estimate of drug-likeness (QED) is 0.406. The van der Waals surface area contributed by atoms with E-state index in [4.69, 9.17) is 5.21 Å². The molecule has 2 rings (SSSR count). The summed E-state index contributed by atoms with van der Waals surface area (Å²) in [6.45, 7) is 1.71. The summed E-state index contributed by atoms with van der Waals surface area (Å²) >= 11 is 0. The molecule has 0 aromatic carbocycles. The Morgan fingerprint density at radius 2 is 2.38 bits per heavy atom. The smallest absolute Gasteiger partial charge is 0.137 e. The molecule has 0 atom stereocenters. The molecule has 2 heterocycles. The summed E-state index contributed by atoms with van der Waals surface area (Å²) in [5.41, 5.74) is 2.05. The van der Waals surface area contributed by atoms with E-state index in [1.165, 1.54) is 0 Å². The molecule has 0 unspecified atom stereocenters. The average Bonchev–Trinajstić information content (AvgIpc) is 2.59. The van der Waals surface area contributed by atoms with Gasteiger partial charge in [0.2, 0.25) is 0 Å². The van der Waals surface area contributed by atoms with E-state index in [0.717, 1.165) is 5.65 Å². The molecule has 2 aromatic rings. The Hall–Kier alpha value is -1.84. The van der Waals surface area contributed by atoms with Crippen LogP contribution in [0.5, 0.6) is 0 Å². The van der Waals surface area contributed by atoms with Gasteiger partial charge in [0, 0.05) is 12.4 Å². The number of nitrogens with zero attached hydrogens (tertiary/aromatic N) is 3. The minimum absolute atomic E-state index is 0.517. The third kappa shape index (κ3) is 1.26. The minimum atomic E-state index is 0.517. The maximum Gasteiger partial charge on any atom is 0.137 e. The van der Waals surface area contributed by atoms with Gasteiger partial charge in [0.1, 0.15) is 17.1 Å². The van der Waals surface area contributed by atoms with Gasteiger partial charge in [-0.3, -0.25) is 0 Å². The zero-order valence-corrected chi connectivity index (χ0v) is 7.18. The number of imidazole rings is 1. The van der Waals surface area contributed by atoms with Gasteiger partial charge in [0.15, 0.2) is 0 Å². The summed E-state index contributed by atoms with van der Waals surface area (Å²) in [6.07, 6.45) is 3.72. The molecule has 1 N–H and O–H groups in total. The van der Waals surface area contributed by atoms with Crippen LogP contribution in [0, 0.1) is 0 Å². The van der Waals surface area contributed by atoms with Crippen molar-refractivity contribution in [3.05, 3.63) is 36.3 Å². The summed E-state index contributed by atoms with van der Waals surface area (Å²) in [6, 6.07) is 5.73. The van der Waals surface area contributed by atoms with Crippen molar-refractivity contribution in [2.75, 3.05) is 0 Å². The molecule has 13 heavy (non-hydrogen) atoms. The maximum atomic E-state index is 8.55. The summed E-state index contributed by atoms with van der Waals surface area (Å²) in [7, 11) is 0. The van der Waals surface area contributed by atoms with E-state index >= 15 is 0 Å². The molecular weight excluding hydrogens is 166 g/mol. The molecule has 0 aliphatic rings. The van der Waals surface area contributed by atoms with E-state index < -0.39 is 0 Å². The van der Waals surface area contributed by atoms with Crippen LogP contribution in [-0.2, 0) is 0 Å². The lowest BCUT2D eigenvalue weighted by atomic mass is 10.3. The number of pyridine rings is 1. The topological polar surface area (TPSA) is 49.9 Å². The lowest BCUT2D eigenvalue weighted by Gasteiger charge is -1.87. The van der Waals surface area contributed by atoms with Crippen molar-refractivity contribution in [1.82, 2.24) is 9.38 Å². The van der Waals surface area contributed by atoms with Gasteiger partial charge < -0.3 is 9.61 Å². The third-order valence-corrected chi connectivity index (χ3v) is 1.88. The molecule has 4 heteroatoms. The van der Waals surface area contributed by atoms with Crippen LogP contribution in [0.25, 0.3) is 5.65 Å². The number of fused-ring (bicyclic) bond motifs is 1. The highest BCUT2D eigenvalue weighted by molar-refractivity contribution is 5.96. The van der Waals surface area contributed by atoms with Crippen LogP contribution in [0.4, 0.5) is 0 Å². The zero-order valence-electron chi connectivity index (χ0n) is 7.18. The van der Waals surface area contributed by atoms with Crippen LogP contribution in [-0.4, -0.2) is 20.3 Å². The van der Waals surface area contributed by atoms with Crippen molar-refractivity contribution in [1.29, 1.82) is 0 Å². The second-order valence-electron chi connectivity index (χ2n) is 2.78. The molecule has 0 saturated heterocycles. The molecular formula is C9H9N3O. The van der Waals surface area contributed by atoms with Crippen LogP contribution in [0.3, 0.4) is 0 Å². The van der Waals surface area contributed by atoms with E-state index in [-0.39, 0.29) is 0 Å². The Bertz CT molecular complexity index is 426. The van der Waals surface area contributed by atoms with Crippen LogP contribution in [0.2, 0.25) is 0 Å². The number of hydrogen-bond donors (Lipinski definition) is 1. The van der Waals surface area contributed by atoms with Gasteiger partial charge in [-0.15, -0.1) is 0 Å². The molecule has 0 amide bonds. The predicted octanol–water partition coefficient (Wildman–Crippen LogP) is 1.53. The van der Waals surface area contributed by atoms with Gasteiger partial charge in [-0.25, -0.2) is 4.98 Å². The molecule has 0 radical (unpaired) electrons. The largest absolute Gasteiger partial charge is 0.411 e. The van der Waals surface area contributed by atoms with Crippen molar-refractivity contribution in [3.63, 3.8) is 0 Å². The number of oxime groups is 1. The van der Waals surface area contributed by atoms with Crippen molar-refractivity contribution >= 4 is 11.4 Å². The van der Waals surface area contributed by atoms with E-state index in [1.807, 2.05) is 35.0 Å². The lowest BCUT2D eigenvalue weighted by molar-refractivity contribution is 0.319. The molecule has 0 bridgehead atoms. The molecule has 4 nitrogen and oxygen atoms in total. The van der Waals surface area contributed by atoms with Crippen LogP contribution < -0.4 is 0 Å². The minimum Gasteiger partial charge on any atom is -0.411 e. The molecule has 0 saturated carbocycles. The zero-order chi connectivity index (χ0) is 9.26. The van der Waals surface area contributed by atoms with Crippen LogP contribution >= 0.6 is 0 Å². The summed E-state index contributed by atoms with van der Waals surface area (Å²) in [4.78, 5) is 4.26. The maximum absolute atomic E-state index is 8.55. The van der Waals surface area contributed by atoms with E-state index in [1.54, 1.807) is 6.92 Å². The number of aromatic nitrogens is 2. The second-order valence-corrected chi connectivity index (χ2v) is 2.78. The van der Waals surface area contributed by atoms with Gasteiger partial charge in [-0.05, 0) is 19.1 Å². The molecule has 0 aliphatic carbocycles. The summed E-state index contributed by atoms with van der Waals surface area (Å²) in [5, 5.41) is 11.6. The monoisotopic (exact) mass is 175 g/mol. The average molecular weight is 175 g/mol. The fraction of sp³-hybridized carbons (Fsp3) is 0.111. The van der Waals surface area contributed by atoms with Gasteiger partial charge in [-0.2, -0.15) is 0 Å². The number of hydrogen-bond acceptors (Lipinski definition) is 3. The van der Waals surface area contributed by atoms with Crippen molar-refractivity contribution < 1.29 is 5.21 Å². The van der Waals surface area contributed by atoms with Gasteiger partial charge in [0.05, 0.1) is 0 Å². The Kier molecular flexibility index (Phi) is 1.73. The van der Waals surface area contributed by atoms with E-state index in [0.29, 0.717) is 11.4 Å². The van der Waals surface area contributed by atoms with Crippen molar-refractivity contribution in [2.45, 2.75) is 6.92 Å². The Balaban J connectivity index is 2.62. The Labute approximate surface area is 75.1 Å². The molecule has 0 aliphatic heterocycles. The Morgan fingerprint density at radius 1 is 1.54 bits per heavy atom. The first-order valence-electron chi connectivity index (χ1n) is 3.94. The van der Waals surface area contributed by atoms with Crippen LogP contribution in [0.15, 0.2) is 35.7 Å². The normalized spacial score (nSPS) is 12.2. The molecule has 0 fully saturated rings. The predicted molar refractivity (Wildman–Crippen MR) is 49.2 cm³/mol. The fourth-order valence-corrected chi connectivity index (χ4v) is 1.16. The van der Waals surface area contributed by atoms with Crippen molar-refractivity contribution in [3.8, 4) is 0 Å². The summed E-state index contributed by atoms with van der Waals surface area (Å²) in [5.74, 6) is 0. The molecule has 2 aromatic heterocycles. The third-order valence-electron chi connectivity index (χ3n) is 1.88. The highest BCUT2D eigenvalue weighted by atomic mass is 16.4.